The van der Waals surface area contributed by atoms with Crippen molar-refractivity contribution >= 4 is 17.3 Å². The van der Waals surface area contributed by atoms with Gasteiger partial charge in [0.1, 0.15) is 5.82 Å². The number of hydrogen-bond acceptors (Lipinski definition) is 4. The van der Waals surface area contributed by atoms with Crippen molar-refractivity contribution in [3.63, 3.8) is 0 Å². The highest BCUT2D eigenvalue weighted by molar-refractivity contribution is 6.30. The van der Waals surface area contributed by atoms with Gasteiger partial charge in [-0.25, -0.2) is 4.39 Å². The Morgan fingerprint density at radius 2 is 1.75 bits per heavy atom. The Morgan fingerprint density at radius 1 is 1.08 bits per heavy atom. The lowest BCUT2D eigenvalue weighted by molar-refractivity contribution is 0.317. The largest absolute Gasteiger partial charge is 0.411 e. The molecule has 0 bridgehead atoms. The minimum absolute atomic E-state index is 0.183. The first-order valence-corrected chi connectivity index (χ1v) is 11.7. The van der Waals surface area contributed by atoms with Crippen molar-refractivity contribution in [2.24, 2.45) is 5.16 Å². The van der Waals surface area contributed by atoms with Gasteiger partial charge in [-0.2, -0.15) is 5.26 Å². The zero-order valence-electron chi connectivity index (χ0n) is 19.5. The number of aryl methyl sites for hydroxylation is 1. The Morgan fingerprint density at radius 3 is 2.33 bits per heavy atom. The summed E-state index contributed by atoms with van der Waals surface area (Å²) in [5.41, 5.74) is 5.27. The molecule has 0 aliphatic carbocycles. The molecule has 1 unspecified atom stereocenters. The van der Waals surface area contributed by atoms with Crippen LogP contribution < -0.4 is 5.56 Å². The van der Waals surface area contributed by atoms with E-state index in [2.05, 4.69) is 16.2 Å². The van der Waals surface area contributed by atoms with E-state index >= 15 is 4.39 Å². The van der Waals surface area contributed by atoms with E-state index in [0.717, 1.165) is 22.3 Å². The van der Waals surface area contributed by atoms with Crippen LogP contribution in [0.2, 0.25) is 5.02 Å². The number of H-pyrrole nitrogens is 1. The van der Waals surface area contributed by atoms with Crippen LogP contribution in [-0.2, 0) is 6.42 Å². The molecule has 0 amide bonds. The quantitative estimate of drug-likeness (QED) is 0.170. The normalized spacial score (nSPS) is 12.2. The molecular weight excluding hydrogens is 477 g/mol. The fourth-order valence-corrected chi connectivity index (χ4v) is 4.34. The molecule has 1 aromatic heterocycles. The Labute approximate surface area is 213 Å². The van der Waals surface area contributed by atoms with Crippen LogP contribution in [0.25, 0.3) is 11.1 Å². The molecule has 5 nitrogen and oxygen atoms in total. The molecule has 0 spiro atoms. The summed E-state index contributed by atoms with van der Waals surface area (Å²) in [5, 5.41) is 22.5. The van der Waals surface area contributed by atoms with Gasteiger partial charge in [0.2, 0.25) is 0 Å². The summed E-state index contributed by atoms with van der Waals surface area (Å²) in [4.78, 5) is 14.4. The number of nitrogens with one attached hydrogen (secondary N) is 1. The van der Waals surface area contributed by atoms with Crippen molar-refractivity contribution < 1.29 is 9.60 Å². The van der Waals surface area contributed by atoms with Gasteiger partial charge >= 0.3 is 0 Å². The molecule has 3 aromatic carbocycles. The number of rotatable bonds is 7. The maximum atomic E-state index is 15.0. The molecule has 0 aliphatic heterocycles. The Hall–Kier alpha value is -4.21. The number of hydrogen-bond donors (Lipinski definition) is 2. The smallest absolute Gasteiger partial charge is 0.250 e. The van der Waals surface area contributed by atoms with Crippen molar-refractivity contribution in [1.29, 1.82) is 5.26 Å². The first kappa shape index (κ1) is 24.9. The fraction of sp³-hybridized carbons (Fsp3) is 0.138. The lowest BCUT2D eigenvalue weighted by atomic mass is 9.84. The monoisotopic (exact) mass is 499 g/mol. The molecule has 7 heteroatoms. The summed E-state index contributed by atoms with van der Waals surface area (Å²) in [6.07, 6.45) is 2.03. The summed E-state index contributed by atoms with van der Waals surface area (Å²) in [5.74, 6) is -0.938. The third-order valence-corrected chi connectivity index (χ3v) is 6.40. The summed E-state index contributed by atoms with van der Waals surface area (Å²) in [6, 6.07) is 23.8. The number of halogens is 2. The summed E-state index contributed by atoms with van der Waals surface area (Å²) < 4.78 is 15.0. The van der Waals surface area contributed by atoms with Crippen molar-refractivity contribution in [2.45, 2.75) is 25.7 Å². The molecule has 0 saturated carbocycles. The highest BCUT2D eigenvalue weighted by Crippen LogP contribution is 2.34. The summed E-state index contributed by atoms with van der Waals surface area (Å²) in [7, 11) is 0. The number of nitrogens with zero attached hydrogens (tertiary/aromatic N) is 2. The molecule has 0 radical (unpaired) electrons. The molecule has 1 atom stereocenters. The van der Waals surface area contributed by atoms with E-state index in [9.17, 15) is 10.0 Å². The predicted molar refractivity (Wildman–Crippen MR) is 139 cm³/mol. The minimum Gasteiger partial charge on any atom is -0.411 e. The van der Waals surface area contributed by atoms with E-state index in [1.165, 1.54) is 12.3 Å². The van der Waals surface area contributed by atoms with Gasteiger partial charge in [0, 0.05) is 34.7 Å². The zero-order valence-corrected chi connectivity index (χ0v) is 20.3. The predicted octanol–water partition coefficient (Wildman–Crippen LogP) is 6.61. The third kappa shape index (κ3) is 5.54. The second-order valence-electron chi connectivity index (χ2n) is 8.52. The second kappa shape index (κ2) is 11.0. The fourth-order valence-electron chi connectivity index (χ4n) is 4.18. The van der Waals surface area contributed by atoms with Gasteiger partial charge in [0.05, 0.1) is 18.2 Å². The lowest BCUT2D eigenvalue weighted by Gasteiger charge is -2.20. The zero-order chi connectivity index (χ0) is 25.7. The van der Waals surface area contributed by atoms with Gasteiger partial charge in [-0.1, -0.05) is 71.4 Å². The standard InChI is InChI=1S/C29H23ClFN3O2/c1-18-14-23(17-33-29(18)35)28(34-36)16-26(25-11-10-24(30)15-27(25)31)22-8-6-21(7-9-22)20-4-2-19(3-5-20)12-13-32/h2-11,14-15,17,26,36H,12,16H2,1H3,(H,33,35)/b34-28+. The minimum atomic E-state index is -0.479. The van der Waals surface area contributed by atoms with Crippen LogP contribution in [0, 0.1) is 24.1 Å². The van der Waals surface area contributed by atoms with E-state index in [-0.39, 0.29) is 17.0 Å². The number of oxime groups is 1. The Kier molecular flexibility index (Phi) is 7.62. The number of nitriles is 1. The first-order valence-electron chi connectivity index (χ1n) is 11.3. The average Bonchev–Trinajstić information content (AvgIpc) is 2.88. The SMILES string of the molecule is Cc1cc(/C(CC(c2ccc(-c3ccc(CC#N)cc3)cc2)c2ccc(Cl)cc2F)=N/O)c[nH]c1=O. The highest BCUT2D eigenvalue weighted by atomic mass is 35.5. The Balaban J connectivity index is 1.71. The van der Waals surface area contributed by atoms with Gasteiger partial charge in [0.25, 0.3) is 5.56 Å². The third-order valence-electron chi connectivity index (χ3n) is 6.16. The van der Waals surface area contributed by atoms with Crippen molar-refractivity contribution in [3.8, 4) is 17.2 Å². The molecule has 1 heterocycles. The number of benzene rings is 3. The molecule has 0 saturated heterocycles. The van der Waals surface area contributed by atoms with E-state index in [1.54, 1.807) is 25.1 Å². The van der Waals surface area contributed by atoms with Crippen molar-refractivity contribution in [1.82, 2.24) is 4.98 Å². The van der Waals surface area contributed by atoms with Gasteiger partial charge in [-0.15, -0.1) is 0 Å². The summed E-state index contributed by atoms with van der Waals surface area (Å²) in [6.45, 7) is 1.67. The molecular formula is C29H23ClFN3O2. The summed E-state index contributed by atoms with van der Waals surface area (Å²) >= 11 is 5.99. The maximum absolute atomic E-state index is 15.0. The van der Waals surface area contributed by atoms with Crippen molar-refractivity contribution in [3.05, 3.63) is 128 Å². The van der Waals surface area contributed by atoms with E-state index in [4.69, 9.17) is 16.9 Å². The molecule has 0 aliphatic rings. The van der Waals surface area contributed by atoms with Crippen LogP contribution in [0.4, 0.5) is 4.39 Å². The van der Waals surface area contributed by atoms with Gasteiger partial charge in [-0.05, 0) is 52.9 Å². The van der Waals surface area contributed by atoms with Crippen LogP contribution in [0.3, 0.4) is 0 Å². The number of pyridine rings is 1. The molecule has 4 rings (SSSR count). The maximum Gasteiger partial charge on any atom is 0.250 e. The van der Waals surface area contributed by atoms with Crippen molar-refractivity contribution in [2.75, 3.05) is 0 Å². The average molecular weight is 500 g/mol. The molecule has 36 heavy (non-hydrogen) atoms. The topological polar surface area (TPSA) is 89.2 Å². The van der Waals surface area contributed by atoms with Crippen LogP contribution in [0.15, 0.2) is 88.9 Å². The van der Waals surface area contributed by atoms with E-state index in [1.807, 2.05) is 48.5 Å². The van der Waals surface area contributed by atoms with E-state index in [0.29, 0.717) is 28.8 Å². The molecule has 4 aromatic rings. The number of aromatic amines is 1. The van der Waals surface area contributed by atoms with Crippen LogP contribution >= 0.6 is 11.6 Å². The van der Waals surface area contributed by atoms with Crippen LogP contribution in [0.5, 0.6) is 0 Å². The van der Waals surface area contributed by atoms with Gasteiger partial charge in [-0.3, -0.25) is 4.79 Å². The molecule has 0 fully saturated rings. The Bertz CT molecular complexity index is 1500. The van der Waals surface area contributed by atoms with E-state index < -0.39 is 11.7 Å². The van der Waals surface area contributed by atoms with Crippen LogP contribution in [0.1, 0.15) is 40.2 Å². The molecule has 180 valence electrons. The van der Waals surface area contributed by atoms with Gasteiger partial charge < -0.3 is 10.2 Å². The number of aromatic nitrogens is 1. The first-order chi connectivity index (χ1) is 17.4. The van der Waals surface area contributed by atoms with Crippen LogP contribution in [-0.4, -0.2) is 15.9 Å². The molecule has 2 N–H and O–H groups in total. The van der Waals surface area contributed by atoms with Gasteiger partial charge in [0.15, 0.2) is 0 Å². The lowest BCUT2D eigenvalue weighted by Crippen LogP contribution is -2.15. The second-order valence-corrected chi connectivity index (χ2v) is 8.96. The highest BCUT2D eigenvalue weighted by Gasteiger charge is 2.22.